The molecule has 0 fully saturated rings. The first kappa shape index (κ1) is 19.8. The Kier molecular flexibility index (Phi) is 5.83. The zero-order valence-corrected chi connectivity index (χ0v) is 16.4. The van der Waals surface area contributed by atoms with Crippen molar-refractivity contribution >= 4 is 17.5 Å². The van der Waals surface area contributed by atoms with Gasteiger partial charge in [-0.2, -0.15) is 0 Å². The summed E-state index contributed by atoms with van der Waals surface area (Å²) in [6.45, 7) is 0.657. The first-order valence-corrected chi connectivity index (χ1v) is 9.97. The number of anilines is 1. The number of aromatic nitrogens is 3. The Bertz CT molecular complexity index is 1060. The van der Waals surface area contributed by atoms with Crippen LogP contribution in [0, 0.1) is 5.82 Å². The molecule has 0 radical (unpaired) electrons. The van der Waals surface area contributed by atoms with Gasteiger partial charge in [-0.15, -0.1) is 10.2 Å². The van der Waals surface area contributed by atoms with Crippen LogP contribution in [-0.2, 0) is 17.8 Å². The van der Waals surface area contributed by atoms with E-state index in [2.05, 4.69) is 25.4 Å². The number of rotatable bonds is 5. The van der Waals surface area contributed by atoms with Gasteiger partial charge in [0.25, 0.3) is 5.91 Å². The number of nitrogens with zero attached hydrogens (tertiary/aromatic N) is 3. The van der Waals surface area contributed by atoms with Crippen molar-refractivity contribution in [1.29, 1.82) is 0 Å². The molecule has 1 aliphatic heterocycles. The fraction of sp³-hybridized carbons (Fsp3) is 0.273. The second kappa shape index (κ2) is 8.86. The van der Waals surface area contributed by atoms with E-state index in [0.29, 0.717) is 5.69 Å². The molecule has 3 aromatic rings. The van der Waals surface area contributed by atoms with Gasteiger partial charge in [0.1, 0.15) is 11.6 Å². The van der Waals surface area contributed by atoms with Gasteiger partial charge in [-0.05, 0) is 49.2 Å². The van der Waals surface area contributed by atoms with Crippen LogP contribution in [0.5, 0.6) is 0 Å². The van der Waals surface area contributed by atoms with Crippen molar-refractivity contribution in [2.45, 2.75) is 32.2 Å². The molecule has 0 spiro atoms. The molecule has 4 rings (SSSR count). The fourth-order valence-electron chi connectivity index (χ4n) is 3.51. The zero-order chi connectivity index (χ0) is 20.9. The lowest BCUT2D eigenvalue weighted by Crippen LogP contribution is -2.33. The average Bonchev–Trinajstić information content (AvgIpc) is 3.01. The number of halogens is 1. The van der Waals surface area contributed by atoms with Crippen LogP contribution >= 0.6 is 0 Å². The molecule has 0 atom stereocenters. The van der Waals surface area contributed by atoms with Gasteiger partial charge in [0.15, 0.2) is 5.82 Å². The number of fused-ring (bicyclic) bond motifs is 1. The van der Waals surface area contributed by atoms with E-state index in [-0.39, 0.29) is 12.1 Å². The van der Waals surface area contributed by atoms with Gasteiger partial charge < -0.3 is 15.2 Å². The van der Waals surface area contributed by atoms with Gasteiger partial charge in [-0.3, -0.25) is 9.59 Å². The van der Waals surface area contributed by atoms with Crippen LogP contribution in [0.25, 0.3) is 11.4 Å². The molecule has 0 aliphatic carbocycles. The number of benzene rings is 2. The third-order valence-electron chi connectivity index (χ3n) is 5.06. The van der Waals surface area contributed by atoms with Gasteiger partial charge in [0.05, 0.1) is 12.1 Å². The number of aryl methyl sites for hydroxylation is 1. The van der Waals surface area contributed by atoms with E-state index in [1.165, 1.54) is 24.6 Å². The molecule has 7 nitrogen and oxygen atoms in total. The third-order valence-corrected chi connectivity index (χ3v) is 5.06. The zero-order valence-electron chi connectivity index (χ0n) is 16.4. The monoisotopic (exact) mass is 407 g/mol. The van der Waals surface area contributed by atoms with Gasteiger partial charge in [-0.25, -0.2) is 4.39 Å². The number of carbonyl (C=O) groups is 2. The molecular formula is C22H22FN5O2. The molecule has 2 amide bonds. The molecule has 2 heterocycles. The van der Waals surface area contributed by atoms with Crippen molar-refractivity contribution in [1.82, 2.24) is 20.1 Å². The Labute approximate surface area is 173 Å². The van der Waals surface area contributed by atoms with Crippen molar-refractivity contribution in [2.24, 2.45) is 0 Å². The molecule has 2 aromatic carbocycles. The second-order valence-electron chi connectivity index (χ2n) is 7.19. The molecule has 0 saturated heterocycles. The Morgan fingerprint density at radius 2 is 1.80 bits per heavy atom. The molecule has 154 valence electrons. The van der Waals surface area contributed by atoms with Crippen LogP contribution in [0.3, 0.4) is 0 Å². The molecule has 0 saturated carbocycles. The summed E-state index contributed by atoms with van der Waals surface area (Å²) in [5.41, 5.74) is 1.43. The molecule has 2 N–H and O–H groups in total. The van der Waals surface area contributed by atoms with Crippen LogP contribution in [0.15, 0.2) is 48.5 Å². The Morgan fingerprint density at radius 3 is 2.60 bits per heavy atom. The molecule has 30 heavy (non-hydrogen) atoms. The topological polar surface area (TPSA) is 88.9 Å². The highest BCUT2D eigenvalue weighted by Crippen LogP contribution is 2.24. The molecule has 0 bridgehead atoms. The quantitative estimate of drug-likeness (QED) is 0.680. The Morgan fingerprint density at radius 1 is 1.00 bits per heavy atom. The lowest BCUT2D eigenvalue weighted by atomic mass is 10.2. The summed E-state index contributed by atoms with van der Waals surface area (Å²) in [4.78, 5) is 24.1. The van der Waals surface area contributed by atoms with Crippen molar-refractivity contribution in [3.8, 4) is 11.4 Å². The van der Waals surface area contributed by atoms with Crippen molar-refractivity contribution < 1.29 is 14.0 Å². The van der Waals surface area contributed by atoms with Crippen molar-refractivity contribution in [3.05, 3.63) is 65.7 Å². The van der Waals surface area contributed by atoms with Gasteiger partial charge >= 0.3 is 0 Å². The minimum atomic E-state index is -0.633. The highest BCUT2D eigenvalue weighted by molar-refractivity contribution is 5.99. The van der Waals surface area contributed by atoms with Crippen LogP contribution in [-0.4, -0.2) is 33.1 Å². The average molecular weight is 407 g/mol. The van der Waals surface area contributed by atoms with Crippen LogP contribution in [0.1, 0.15) is 35.4 Å². The maximum absolute atomic E-state index is 13.6. The SMILES string of the molecule is O=C(CNC(=O)c1ccccc1F)Nc1ccc(-c2nnc3n2CCCCC3)cc1. The first-order valence-electron chi connectivity index (χ1n) is 9.97. The normalized spacial score (nSPS) is 13.2. The molecule has 8 heteroatoms. The number of hydrogen-bond acceptors (Lipinski definition) is 4. The minimum Gasteiger partial charge on any atom is -0.343 e. The van der Waals surface area contributed by atoms with E-state index < -0.39 is 17.6 Å². The number of hydrogen-bond donors (Lipinski definition) is 2. The summed E-state index contributed by atoms with van der Waals surface area (Å²) in [5.74, 6) is 0.194. The predicted molar refractivity (Wildman–Crippen MR) is 110 cm³/mol. The molecular weight excluding hydrogens is 385 g/mol. The van der Waals surface area contributed by atoms with Crippen LogP contribution in [0.4, 0.5) is 10.1 Å². The smallest absolute Gasteiger partial charge is 0.254 e. The number of amides is 2. The van der Waals surface area contributed by atoms with E-state index in [1.54, 1.807) is 18.2 Å². The van der Waals surface area contributed by atoms with Crippen molar-refractivity contribution in [3.63, 3.8) is 0 Å². The summed E-state index contributed by atoms with van der Waals surface area (Å²) in [6, 6.07) is 13.0. The van der Waals surface area contributed by atoms with Gasteiger partial charge in [0.2, 0.25) is 5.91 Å². The molecule has 0 unspecified atom stereocenters. The molecule has 1 aliphatic rings. The lowest BCUT2D eigenvalue weighted by molar-refractivity contribution is -0.115. The second-order valence-corrected chi connectivity index (χ2v) is 7.19. The number of carbonyl (C=O) groups excluding carboxylic acids is 2. The maximum Gasteiger partial charge on any atom is 0.254 e. The fourth-order valence-corrected chi connectivity index (χ4v) is 3.51. The first-order chi connectivity index (χ1) is 14.6. The minimum absolute atomic E-state index is 0.0953. The maximum atomic E-state index is 13.6. The predicted octanol–water partition coefficient (Wildman–Crippen LogP) is 3.18. The van der Waals surface area contributed by atoms with Crippen molar-refractivity contribution in [2.75, 3.05) is 11.9 Å². The third kappa shape index (κ3) is 4.37. The van der Waals surface area contributed by atoms with Crippen LogP contribution in [0.2, 0.25) is 0 Å². The number of nitrogens with one attached hydrogen (secondary N) is 2. The van der Waals surface area contributed by atoms with Gasteiger partial charge in [0, 0.05) is 24.2 Å². The summed E-state index contributed by atoms with van der Waals surface area (Å²) in [5, 5.41) is 13.8. The summed E-state index contributed by atoms with van der Waals surface area (Å²) < 4.78 is 15.8. The van der Waals surface area contributed by atoms with Crippen LogP contribution < -0.4 is 10.6 Å². The molecule has 1 aromatic heterocycles. The summed E-state index contributed by atoms with van der Waals surface area (Å²) >= 11 is 0. The van der Waals surface area contributed by atoms with E-state index >= 15 is 0 Å². The standard InChI is InChI=1S/C22H22FN5O2/c23-18-7-4-3-6-17(18)22(30)24-14-20(29)25-16-11-9-15(10-12-16)21-27-26-19-8-2-1-5-13-28(19)21/h3-4,6-7,9-12H,1-2,5,8,13-14H2,(H,24,30)(H,25,29). The lowest BCUT2D eigenvalue weighted by Gasteiger charge is -2.09. The van der Waals surface area contributed by atoms with E-state index in [0.717, 1.165) is 43.0 Å². The Balaban J connectivity index is 1.36. The van der Waals surface area contributed by atoms with E-state index in [1.807, 2.05) is 12.1 Å². The largest absolute Gasteiger partial charge is 0.343 e. The van der Waals surface area contributed by atoms with E-state index in [9.17, 15) is 14.0 Å². The highest BCUT2D eigenvalue weighted by atomic mass is 19.1. The van der Waals surface area contributed by atoms with Gasteiger partial charge in [-0.1, -0.05) is 18.6 Å². The summed E-state index contributed by atoms with van der Waals surface area (Å²) in [6.07, 6.45) is 4.39. The highest BCUT2D eigenvalue weighted by Gasteiger charge is 2.16. The Hall–Kier alpha value is -3.55. The summed E-state index contributed by atoms with van der Waals surface area (Å²) in [7, 11) is 0. The van der Waals surface area contributed by atoms with E-state index in [4.69, 9.17) is 0 Å².